The average molecular weight is 1160 g/mol. The molecule has 6 aromatic carbocycles. The van der Waals surface area contributed by atoms with E-state index in [9.17, 15) is 28.8 Å². The van der Waals surface area contributed by atoms with Gasteiger partial charge in [-0.25, -0.2) is 24.2 Å². The molecule has 17 nitrogen and oxygen atoms in total. The Bertz CT molecular complexity index is 3820. The van der Waals surface area contributed by atoms with Gasteiger partial charge in [0.15, 0.2) is 16.8 Å². The first-order valence-corrected chi connectivity index (χ1v) is 29.7. The summed E-state index contributed by atoms with van der Waals surface area (Å²) in [5, 5.41) is 7.92. The lowest BCUT2D eigenvalue weighted by atomic mass is 9.98. The van der Waals surface area contributed by atoms with Crippen LogP contribution in [0.4, 0.5) is 26.7 Å². The molecule has 0 radical (unpaired) electrons. The van der Waals surface area contributed by atoms with E-state index in [0.717, 1.165) is 46.3 Å². The number of hydrogen-bond acceptors (Lipinski definition) is 9. The van der Waals surface area contributed by atoms with Crippen LogP contribution in [-0.2, 0) is 42.1 Å². The Morgan fingerprint density at radius 2 is 0.988 bits per heavy atom. The van der Waals surface area contributed by atoms with Gasteiger partial charge in [-0.15, -0.1) is 0 Å². The number of oxazole rings is 2. The van der Waals surface area contributed by atoms with Crippen LogP contribution in [-0.4, -0.2) is 72.0 Å². The van der Waals surface area contributed by atoms with Crippen LogP contribution in [0.5, 0.6) is 0 Å². The van der Waals surface area contributed by atoms with Gasteiger partial charge >= 0.3 is 23.6 Å². The number of urea groups is 2. The molecule has 0 bridgehead atoms. The van der Waals surface area contributed by atoms with Gasteiger partial charge in [-0.1, -0.05) is 109 Å². The molecule has 86 heavy (non-hydrogen) atoms. The topological polar surface area (TPSA) is 188 Å². The maximum absolute atomic E-state index is 11.8. The third-order valence-corrected chi connectivity index (χ3v) is 15.2. The lowest BCUT2D eigenvalue weighted by Crippen LogP contribution is -2.47. The van der Waals surface area contributed by atoms with Crippen molar-refractivity contribution in [2.45, 2.75) is 158 Å². The van der Waals surface area contributed by atoms with E-state index >= 15 is 0 Å². The van der Waals surface area contributed by atoms with Gasteiger partial charge in [0.1, 0.15) is 0 Å². The van der Waals surface area contributed by atoms with Gasteiger partial charge in [0, 0.05) is 85.3 Å². The fourth-order valence-electron chi connectivity index (χ4n) is 10.9. The molecule has 9 aromatic rings. The standard InChI is InChI=1S/C14H13NO2.2C12H15NO.2C11H14N2O.C9H10N2O2/c1-9(2)15-13-11-6-4-3-5-10(11)7-8-12(13)17-14(15)16;1-9(2)13-8-11-6-4-3-5-10(11)7-12(13)14;1-9(2)13-11-6-4-3-5-10(11)7-8-12(13)14;1-8(2)13-7-9-5-3-4-6-10(9)12-11(13)14;1-8(2)13-10-6-4-3-5-9(10)7-12-11(13)14;1-6(2)11-8-7(13-9(11)12)4-3-5-10-8/h3-9H,1-2H3;2*3-6,9H,7-8H2,1-2H3;2*3-6,8H,7H2,1-2H3,(H,12,14);3-6H,1-2H3. The van der Waals surface area contributed by atoms with Gasteiger partial charge in [0.05, 0.1) is 17.6 Å². The highest BCUT2D eigenvalue weighted by molar-refractivity contribution is 6.03. The van der Waals surface area contributed by atoms with E-state index in [2.05, 4.69) is 55.4 Å². The molecule has 0 fully saturated rings. The molecule has 4 aliphatic heterocycles. The number of para-hydroxylation sites is 3. The summed E-state index contributed by atoms with van der Waals surface area (Å²) >= 11 is 0. The molecule has 17 heteroatoms. The van der Waals surface area contributed by atoms with Gasteiger partial charge in [-0.05, 0) is 159 Å². The van der Waals surface area contributed by atoms with Crippen LogP contribution in [0.25, 0.3) is 33.1 Å². The molecule has 0 saturated carbocycles. The van der Waals surface area contributed by atoms with Crippen molar-refractivity contribution in [3.8, 4) is 0 Å². The van der Waals surface area contributed by atoms with Crippen molar-refractivity contribution in [2.24, 2.45) is 0 Å². The molecule has 450 valence electrons. The smallest absolute Gasteiger partial charge is 0.408 e. The van der Waals surface area contributed by atoms with Crippen molar-refractivity contribution in [1.82, 2.24) is 29.2 Å². The zero-order valence-electron chi connectivity index (χ0n) is 51.5. The van der Waals surface area contributed by atoms with Gasteiger partial charge in [0.25, 0.3) is 0 Å². The second kappa shape index (κ2) is 28.1. The Hall–Kier alpha value is -9.25. The molecule has 6 amide bonds. The molecule has 0 atom stereocenters. The maximum atomic E-state index is 11.8. The molecule has 13 rings (SSSR count). The first-order chi connectivity index (χ1) is 41.1. The number of aromatic nitrogens is 3. The van der Waals surface area contributed by atoms with Crippen molar-refractivity contribution < 1.29 is 28.0 Å². The van der Waals surface area contributed by atoms with Crippen molar-refractivity contribution in [2.75, 3.05) is 15.1 Å². The lowest BCUT2D eigenvalue weighted by Gasteiger charge is -2.32. The minimum absolute atomic E-state index is 0.00120. The number of hydrogen-bond donors (Lipinski definition) is 2. The van der Waals surface area contributed by atoms with Gasteiger partial charge in [0.2, 0.25) is 11.8 Å². The molecule has 0 aliphatic carbocycles. The van der Waals surface area contributed by atoms with Crippen LogP contribution in [0.3, 0.4) is 0 Å². The van der Waals surface area contributed by atoms with Crippen molar-refractivity contribution >= 4 is 74.0 Å². The number of anilines is 3. The van der Waals surface area contributed by atoms with Gasteiger partial charge in [-0.3, -0.25) is 23.6 Å². The van der Waals surface area contributed by atoms with Crippen molar-refractivity contribution in [3.63, 3.8) is 0 Å². The lowest BCUT2D eigenvalue weighted by molar-refractivity contribution is -0.133. The molecule has 0 saturated heterocycles. The highest BCUT2D eigenvalue weighted by atomic mass is 16.4. The van der Waals surface area contributed by atoms with Gasteiger partial charge in [-0.2, -0.15) is 0 Å². The van der Waals surface area contributed by atoms with Crippen LogP contribution >= 0.6 is 0 Å². The van der Waals surface area contributed by atoms with Crippen LogP contribution in [0.2, 0.25) is 0 Å². The minimum Gasteiger partial charge on any atom is -0.408 e. The molecular weight excluding hydrogens is 1080 g/mol. The number of rotatable bonds is 6. The number of nitrogens with one attached hydrogen (secondary N) is 2. The van der Waals surface area contributed by atoms with Crippen LogP contribution in [0.1, 0.15) is 129 Å². The second-order valence-corrected chi connectivity index (χ2v) is 23.2. The number of fused-ring (bicyclic) bond motifs is 8. The molecule has 0 spiro atoms. The summed E-state index contributed by atoms with van der Waals surface area (Å²) < 4.78 is 13.5. The maximum Gasteiger partial charge on any atom is 0.421 e. The normalized spacial score (nSPS) is 14.2. The van der Waals surface area contributed by atoms with Crippen molar-refractivity contribution in [1.29, 1.82) is 0 Å². The van der Waals surface area contributed by atoms with Crippen LogP contribution in [0, 0.1) is 0 Å². The predicted octanol–water partition coefficient (Wildman–Crippen LogP) is 13.8. The predicted molar refractivity (Wildman–Crippen MR) is 343 cm³/mol. The fourth-order valence-corrected chi connectivity index (χ4v) is 10.9. The third-order valence-electron chi connectivity index (χ3n) is 15.2. The van der Waals surface area contributed by atoms with E-state index in [1.807, 2.05) is 191 Å². The molecule has 0 unspecified atom stereocenters. The number of pyridine rings is 1. The first-order valence-electron chi connectivity index (χ1n) is 29.7. The van der Waals surface area contributed by atoms with Crippen molar-refractivity contribution in [3.05, 3.63) is 201 Å². The molecule has 3 aromatic heterocycles. The number of aryl methyl sites for hydroxylation is 1. The summed E-state index contributed by atoms with van der Waals surface area (Å²) in [7, 11) is 0. The Balaban J connectivity index is 0.000000134. The van der Waals surface area contributed by atoms with E-state index in [1.54, 1.807) is 27.8 Å². The Labute approximate surface area is 503 Å². The zero-order valence-corrected chi connectivity index (χ0v) is 51.5. The van der Waals surface area contributed by atoms with Crippen LogP contribution in [0.15, 0.2) is 170 Å². The van der Waals surface area contributed by atoms with E-state index in [0.29, 0.717) is 48.8 Å². The summed E-state index contributed by atoms with van der Waals surface area (Å²) in [5.41, 5.74) is 11.9. The fraction of sp³-hybridized carbons (Fsp3) is 0.348. The third kappa shape index (κ3) is 14.4. The minimum atomic E-state index is -0.344. The monoisotopic (exact) mass is 1160 g/mol. The SMILES string of the molecule is CC(C)N1C(=O)CCc2ccccc21.CC(C)N1C(=O)NCc2ccccc21.CC(C)N1Cc2ccccc2CC1=O.CC(C)N1Cc2ccccc2NC1=O.CC(C)n1c(=O)oc2ccc3ccccc3c21.CC(C)n1c(=O)oc2cccnc21. The Kier molecular flexibility index (Phi) is 20.5. The number of nitrogens with zero attached hydrogens (tertiary/aromatic N) is 7. The average Bonchev–Trinajstić information content (AvgIpc) is 2.55. The van der Waals surface area contributed by atoms with Crippen LogP contribution < -0.4 is 31.9 Å². The van der Waals surface area contributed by atoms with E-state index < -0.39 is 0 Å². The number of amides is 6. The van der Waals surface area contributed by atoms with E-state index in [-0.39, 0.29) is 65.6 Å². The first kappa shape index (κ1) is 62.8. The highest BCUT2D eigenvalue weighted by Gasteiger charge is 2.28. The summed E-state index contributed by atoms with van der Waals surface area (Å²) in [6.45, 7) is 26.2. The Morgan fingerprint density at radius 1 is 0.442 bits per heavy atom. The zero-order chi connectivity index (χ0) is 61.9. The quantitative estimate of drug-likeness (QED) is 0.163. The van der Waals surface area contributed by atoms with E-state index in [1.165, 1.54) is 32.4 Å². The van der Waals surface area contributed by atoms with Gasteiger partial charge < -0.3 is 34.2 Å². The summed E-state index contributed by atoms with van der Waals surface area (Å²) in [5.74, 6) is -0.132. The Morgan fingerprint density at radius 3 is 1.64 bits per heavy atom. The van der Waals surface area contributed by atoms with E-state index in [4.69, 9.17) is 8.83 Å². The molecular formula is C69H81N9O8. The molecule has 7 heterocycles. The second-order valence-electron chi connectivity index (χ2n) is 23.2. The number of carbonyl (C=O) groups excluding carboxylic acids is 4. The number of benzene rings is 6. The number of carbonyl (C=O) groups is 4. The summed E-state index contributed by atoms with van der Waals surface area (Å²) in [4.78, 5) is 81.4. The summed E-state index contributed by atoms with van der Waals surface area (Å²) in [6, 6.07) is 48.8. The molecule has 4 aliphatic rings. The summed E-state index contributed by atoms with van der Waals surface area (Å²) in [6.07, 6.45) is 3.75. The highest BCUT2D eigenvalue weighted by Crippen LogP contribution is 2.31. The molecule has 2 N–H and O–H groups in total. The largest absolute Gasteiger partial charge is 0.421 e.